The van der Waals surface area contributed by atoms with E-state index in [-0.39, 0.29) is 13.2 Å². The zero-order valence-corrected chi connectivity index (χ0v) is 16.2. The lowest BCUT2D eigenvalue weighted by molar-refractivity contribution is -0.145. The van der Waals surface area contributed by atoms with Gasteiger partial charge in [0.15, 0.2) is 17.3 Å². The topological polar surface area (TPSA) is 106 Å². The third-order valence-corrected chi connectivity index (χ3v) is 3.80. The SMILES string of the molecule is CCOC(=O)CC(=O)Cn1nc(-c2cc(OC)c(OC)c(OC)c2)ccc1=O. The molecule has 1 aromatic heterocycles. The van der Waals surface area contributed by atoms with Crippen molar-refractivity contribution < 1.29 is 28.5 Å². The van der Waals surface area contributed by atoms with E-state index in [2.05, 4.69) is 5.10 Å². The van der Waals surface area contributed by atoms with E-state index in [1.165, 1.54) is 33.5 Å². The second-order valence-electron chi connectivity index (χ2n) is 5.65. The lowest BCUT2D eigenvalue weighted by Gasteiger charge is -2.14. The van der Waals surface area contributed by atoms with Gasteiger partial charge >= 0.3 is 5.97 Å². The average Bonchev–Trinajstić information content (AvgIpc) is 2.68. The number of nitrogens with zero attached hydrogens (tertiary/aromatic N) is 2. The second-order valence-corrected chi connectivity index (χ2v) is 5.65. The van der Waals surface area contributed by atoms with Gasteiger partial charge < -0.3 is 18.9 Å². The Hall–Kier alpha value is -3.36. The van der Waals surface area contributed by atoms with Crippen molar-refractivity contribution in [2.75, 3.05) is 27.9 Å². The molecule has 2 rings (SSSR count). The van der Waals surface area contributed by atoms with Gasteiger partial charge in [-0.05, 0) is 25.1 Å². The Morgan fingerprint density at radius 2 is 1.68 bits per heavy atom. The molecular formula is C19H22N2O7. The fourth-order valence-electron chi connectivity index (χ4n) is 2.54. The summed E-state index contributed by atoms with van der Waals surface area (Å²) in [7, 11) is 4.47. The quantitative estimate of drug-likeness (QED) is 0.468. The Bertz CT molecular complexity index is 896. The van der Waals surface area contributed by atoms with Crippen molar-refractivity contribution in [2.45, 2.75) is 19.9 Å². The Labute approximate surface area is 161 Å². The molecule has 0 aliphatic carbocycles. The molecule has 0 radical (unpaired) electrons. The maximum absolute atomic E-state index is 12.1. The molecule has 28 heavy (non-hydrogen) atoms. The van der Waals surface area contributed by atoms with E-state index in [4.69, 9.17) is 18.9 Å². The van der Waals surface area contributed by atoms with E-state index in [9.17, 15) is 14.4 Å². The van der Waals surface area contributed by atoms with Gasteiger partial charge in [-0.1, -0.05) is 0 Å². The highest BCUT2D eigenvalue weighted by atomic mass is 16.5. The summed E-state index contributed by atoms with van der Waals surface area (Å²) < 4.78 is 21.7. The molecule has 0 bridgehead atoms. The monoisotopic (exact) mass is 390 g/mol. The molecule has 0 fully saturated rings. The van der Waals surface area contributed by atoms with Crippen LogP contribution in [-0.2, 0) is 20.9 Å². The first-order chi connectivity index (χ1) is 13.4. The Morgan fingerprint density at radius 3 is 2.21 bits per heavy atom. The number of carbonyl (C=O) groups excluding carboxylic acids is 2. The predicted octanol–water partition coefficient (Wildman–Crippen LogP) is 1.46. The zero-order chi connectivity index (χ0) is 20.7. The van der Waals surface area contributed by atoms with Crippen LogP contribution in [0.4, 0.5) is 0 Å². The number of rotatable bonds is 9. The third-order valence-electron chi connectivity index (χ3n) is 3.80. The van der Waals surface area contributed by atoms with E-state index in [0.29, 0.717) is 28.5 Å². The van der Waals surface area contributed by atoms with Gasteiger partial charge in [-0.2, -0.15) is 5.10 Å². The van der Waals surface area contributed by atoms with E-state index in [1.807, 2.05) is 0 Å². The molecule has 0 spiro atoms. The largest absolute Gasteiger partial charge is 0.493 e. The lowest BCUT2D eigenvalue weighted by Crippen LogP contribution is -2.27. The summed E-state index contributed by atoms with van der Waals surface area (Å²) in [6, 6.07) is 6.18. The molecule has 1 aromatic carbocycles. The number of ether oxygens (including phenoxy) is 4. The number of ketones is 1. The molecule has 0 amide bonds. The molecule has 0 unspecified atom stereocenters. The summed E-state index contributed by atoms with van der Waals surface area (Å²) in [4.78, 5) is 35.5. The van der Waals surface area contributed by atoms with Crippen LogP contribution in [0.25, 0.3) is 11.3 Å². The van der Waals surface area contributed by atoms with Gasteiger partial charge in [-0.25, -0.2) is 4.68 Å². The minimum Gasteiger partial charge on any atom is -0.493 e. The summed E-state index contributed by atoms with van der Waals surface area (Å²) in [6.07, 6.45) is -0.420. The van der Waals surface area contributed by atoms with E-state index >= 15 is 0 Å². The average molecular weight is 390 g/mol. The molecule has 150 valence electrons. The number of hydrogen-bond donors (Lipinski definition) is 0. The van der Waals surface area contributed by atoms with Crippen LogP contribution in [-0.4, -0.2) is 49.5 Å². The number of Topliss-reactive ketones (excluding diaryl/α,β-unsaturated/α-hetero) is 1. The normalized spacial score (nSPS) is 10.3. The highest BCUT2D eigenvalue weighted by Crippen LogP contribution is 2.40. The van der Waals surface area contributed by atoms with Crippen molar-refractivity contribution in [1.29, 1.82) is 0 Å². The van der Waals surface area contributed by atoms with Gasteiger partial charge in [0, 0.05) is 11.6 Å². The van der Waals surface area contributed by atoms with Crippen molar-refractivity contribution in [1.82, 2.24) is 9.78 Å². The highest BCUT2D eigenvalue weighted by Gasteiger charge is 2.17. The molecule has 0 aliphatic heterocycles. The Morgan fingerprint density at radius 1 is 1.04 bits per heavy atom. The van der Waals surface area contributed by atoms with Crippen LogP contribution in [0, 0.1) is 0 Å². The second kappa shape index (κ2) is 9.54. The fourth-order valence-corrected chi connectivity index (χ4v) is 2.54. The van der Waals surface area contributed by atoms with Crippen LogP contribution < -0.4 is 19.8 Å². The van der Waals surface area contributed by atoms with Crippen LogP contribution in [0.2, 0.25) is 0 Å². The van der Waals surface area contributed by atoms with Crippen molar-refractivity contribution in [3.05, 3.63) is 34.6 Å². The van der Waals surface area contributed by atoms with Crippen LogP contribution in [0.5, 0.6) is 17.2 Å². The maximum Gasteiger partial charge on any atom is 0.313 e. The number of hydrogen-bond acceptors (Lipinski definition) is 8. The van der Waals surface area contributed by atoms with Crippen LogP contribution in [0.3, 0.4) is 0 Å². The summed E-state index contributed by atoms with van der Waals surface area (Å²) in [6.45, 7) is 1.49. The van der Waals surface area contributed by atoms with E-state index in [0.717, 1.165) is 4.68 Å². The van der Waals surface area contributed by atoms with Crippen molar-refractivity contribution >= 4 is 11.8 Å². The van der Waals surface area contributed by atoms with Gasteiger partial charge in [0.1, 0.15) is 13.0 Å². The predicted molar refractivity (Wildman–Crippen MR) is 99.8 cm³/mol. The van der Waals surface area contributed by atoms with Gasteiger partial charge in [-0.15, -0.1) is 0 Å². The van der Waals surface area contributed by atoms with E-state index in [1.54, 1.807) is 19.1 Å². The first-order valence-corrected chi connectivity index (χ1v) is 8.49. The van der Waals surface area contributed by atoms with Gasteiger partial charge in [0.25, 0.3) is 5.56 Å². The molecule has 2 aromatic rings. The third kappa shape index (κ3) is 4.87. The number of esters is 1. The minimum atomic E-state index is -0.638. The van der Waals surface area contributed by atoms with Crippen LogP contribution in [0.15, 0.2) is 29.1 Å². The Kier molecular flexibility index (Phi) is 7.14. The standard InChI is InChI=1S/C19H22N2O7/c1-5-28-18(24)10-13(22)11-21-17(23)7-6-14(20-21)12-8-15(25-2)19(27-4)16(9-12)26-3/h6-9H,5,10-11H2,1-4H3. The number of benzene rings is 1. The Balaban J connectivity index is 2.36. The van der Waals surface area contributed by atoms with Crippen LogP contribution >= 0.6 is 0 Å². The fraction of sp³-hybridized carbons (Fsp3) is 0.368. The zero-order valence-electron chi connectivity index (χ0n) is 16.2. The molecule has 9 nitrogen and oxygen atoms in total. The summed E-state index contributed by atoms with van der Waals surface area (Å²) in [5.74, 6) is 0.160. The number of carbonyl (C=O) groups is 2. The lowest BCUT2D eigenvalue weighted by atomic mass is 10.1. The maximum atomic E-state index is 12.1. The molecule has 0 N–H and O–H groups in total. The van der Waals surface area contributed by atoms with Crippen LogP contribution in [0.1, 0.15) is 13.3 Å². The van der Waals surface area contributed by atoms with Gasteiger partial charge in [-0.3, -0.25) is 14.4 Å². The molecule has 9 heteroatoms. The molecule has 0 saturated heterocycles. The first kappa shape index (κ1) is 20.9. The molecule has 1 heterocycles. The molecule has 0 aliphatic rings. The summed E-state index contributed by atoms with van der Waals surface area (Å²) in [5, 5.41) is 4.22. The minimum absolute atomic E-state index is 0.181. The highest BCUT2D eigenvalue weighted by molar-refractivity contribution is 5.95. The van der Waals surface area contributed by atoms with Crippen molar-refractivity contribution in [3.63, 3.8) is 0 Å². The first-order valence-electron chi connectivity index (χ1n) is 8.49. The van der Waals surface area contributed by atoms with Crippen molar-refractivity contribution in [3.8, 4) is 28.5 Å². The summed E-state index contributed by atoms with van der Waals surface area (Å²) in [5.41, 5.74) is 0.553. The van der Waals surface area contributed by atoms with Gasteiger partial charge in [0.05, 0.1) is 33.6 Å². The summed E-state index contributed by atoms with van der Waals surface area (Å²) >= 11 is 0. The van der Waals surface area contributed by atoms with Gasteiger partial charge in [0.2, 0.25) is 5.75 Å². The molecule has 0 atom stereocenters. The van der Waals surface area contributed by atoms with Crippen molar-refractivity contribution in [2.24, 2.45) is 0 Å². The van der Waals surface area contributed by atoms with E-state index < -0.39 is 23.7 Å². The smallest absolute Gasteiger partial charge is 0.313 e. The molecular weight excluding hydrogens is 368 g/mol. The number of methoxy groups -OCH3 is 3. The number of aromatic nitrogens is 2. The molecule has 0 saturated carbocycles.